The first kappa shape index (κ1) is 77.6. The van der Waals surface area contributed by atoms with Crippen molar-refractivity contribution in [3.63, 3.8) is 0 Å². The van der Waals surface area contributed by atoms with E-state index in [0.29, 0.717) is 0 Å². The zero-order valence-electron chi connectivity index (χ0n) is 26.5. The Balaban J connectivity index is -0.0000000246. The van der Waals surface area contributed by atoms with Gasteiger partial charge < -0.3 is 87.3 Å². The molecule has 2 aromatic carbocycles. The average Bonchev–Trinajstić information content (AvgIpc) is 2.98. The van der Waals surface area contributed by atoms with Crippen molar-refractivity contribution in [1.29, 1.82) is 0 Å². The Morgan fingerprint density at radius 3 is 0.650 bits per heavy atom. The number of aliphatic hydroxyl groups is 4. The van der Waals surface area contributed by atoms with Gasteiger partial charge in [-0.05, 0) is 11.1 Å². The summed E-state index contributed by atoms with van der Waals surface area (Å²) in [5.74, 6) is 0. The SMILES string of the molecule is [Al+3].[Al+3].[Al+3].[Al+3].[CH2-]C.[CH2-]C.[CH2-]C.[CH2-]C.[CH2-]C.[CH2-]C.[CH2-]C.[CH2-]C.[NH-]c1ccccc1C(O)O.[NH-]c1ccccc1C(O)O. The maximum Gasteiger partial charge on any atom is 3.00 e. The fourth-order valence-corrected chi connectivity index (χ4v) is 1.44. The van der Waals surface area contributed by atoms with Crippen molar-refractivity contribution in [1.82, 2.24) is 0 Å². The molecule has 2 aromatic rings. The summed E-state index contributed by atoms with van der Waals surface area (Å²) in [7, 11) is 0. The summed E-state index contributed by atoms with van der Waals surface area (Å²) >= 11 is 0. The summed E-state index contributed by atoms with van der Waals surface area (Å²) in [4.78, 5) is 0. The standard InChI is InChI=1S/2C7H8NO2.8C2H5.4Al/c2*8-6-4-2-1-3-5(6)7(9)10;8*1-2;;;;/h2*1-4,7-10H;8*1H2,2H3;;;;/q10*-1;4*+3. The van der Waals surface area contributed by atoms with Crippen molar-refractivity contribution in [2.75, 3.05) is 0 Å². The van der Waals surface area contributed by atoms with Crippen LogP contribution in [-0.4, -0.2) is 89.9 Å². The molecule has 220 valence electrons. The van der Waals surface area contributed by atoms with E-state index in [4.69, 9.17) is 31.9 Å². The van der Waals surface area contributed by atoms with E-state index in [9.17, 15) is 0 Å². The largest absolute Gasteiger partial charge is 3.00 e. The van der Waals surface area contributed by atoms with Gasteiger partial charge in [0.25, 0.3) is 0 Å². The molecule has 10 heteroatoms. The number of hydrogen-bond donors (Lipinski definition) is 4. The van der Waals surface area contributed by atoms with Crippen LogP contribution < -0.4 is 0 Å². The van der Waals surface area contributed by atoms with Crippen LogP contribution in [0.15, 0.2) is 48.5 Å². The third kappa shape index (κ3) is 57.8. The van der Waals surface area contributed by atoms with Gasteiger partial charge in [0.05, 0.1) is 0 Å². The van der Waals surface area contributed by atoms with Gasteiger partial charge in [-0.3, -0.25) is 0 Å². The first-order valence-electron chi connectivity index (χ1n) is 11.4. The van der Waals surface area contributed by atoms with Crippen LogP contribution in [0, 0.1) is 55.4 Å². The van der Waals surface area contributed by atoms with Gasteiger partial charge in [-0.15, -0.1) is 11.4 Å². The molecule has 0 aliphatic rings. The van der Waals surface area contributed by atoms with Crippen molar-refractivity contribution in [3.8, 4) is 0 Å². The predicted molar refractivity (Wildman–Crippen MR) is 186 cm³/mol. The summed E-state index contributed by atoms with van der Waals surface area (Å²) in [6.45, 7) is 40.0. The second-order valence-corrected chi connectivity index (χ2v) is 3.92. The number of nitrogens with one attached hydrogen (secondary N) is 2. The van der Waals surface area contributed by atoms with Crippen LogP contribution in [0.1, 0.15) is 79.1 Å². The molecule has 2 rings (SSSR count). The molecule has 0 radical (unpaired) electrons. The van der Waals surface area contributed by atoms with Crippen LogP contribution in [0.25, 0.3) is 11.5 Å². The van der Waals surface area contributed by atoms with Gasteiger partial charge in [-0.1, -0.05) is 48.5 Å². The molecule has 0 atom stereocenters. The third-order valence-corrected chi connectivity index (χ3v) is 2.48. The summed E-state index contributed by atoms with van der Waals surface area (Å²) in [6.07, 6.45) is -3.07. The molecule has 0 aliphatic heterocycles. The first-order valence-corrected chi connectivity index (χ1v) is 11.4. The summed E-state index contributed by atoms with van der Waals surface area (Å²) in [5.41, 5.74) is 15.1. The van der Waals surface area contributed by atoms with E-state index in [1.807, 2.05) is 0 Å². The fourth-order valence-electron chi connectivity index (χ4n) is 1.44. The van der Waals surface area contributed by atoms with E-state index in [1.165, 1.54) is 24.3 Å². The second-order valence-electron chi connectivity index (χ2n) is 3.92. The molecule has 0 bridgehead atoms. The number of rotatable bonds is 2. The summed E-state index contributed by atoms with van der Waals surface area (Å²) < 4.78 is 0. The van der Waals surface area contributed by atoms with Crippen LogP contribution >= 0.6 is 0 Å². The van der Waals surface area contributed by atoms with Crippen molar-refractivity contribution in [3.05, 3.63) is 127 Å². The molecule has 0 saturated carbocycles. The molecule has 6 nitrogen and oxygen atoms in total. The van der Waals surface area contributed by atoms with E-state index >= 15 is 0 Å². The number of aliphatic hydroxyl groups excluding tert-OH is 2. The van der Waals surface area contributed by atoms with Gasteiger partial charge in [0.2, 0.25) is 0 Å². The summed E-state index contributed by atoms with van der Waals surface area (Å²) in [5, 5.41) is 34.6. The molecule has 40 heavy (non-hydrogen) atoms. The molecule has 0 fully saturated rings. The summed E-state index contributed by atoms with van der Waals surface area (Å²) in [6, 6.07) is 12.7. The van der Waals surface area contributed by atoms with Crippen LogP contribution in [0.5, 0.6) is 0 Å². The average molecular weight is 617 g/mol. The molecule has 0 aromatic heterocycles. The molecular weight excluding hydrogens is 560 g/mol. The van der Waals surface area contributed by atoms with E-state index in [2.05, 4.69) is 55.4 Å². The van der Waals surface area contributed by atoms with Crippen LogP contribution in [0.4, 0.5) is 11.4 Å². The Morgan fingerprint density at radius 2 is 0.550 bits per heavy atom. The molecule has 0 aliphatic carbocycles. The minimum Gasteiger partial charge on any atom is -0.698 e. The Hall–Kier alpha value is 0.00987. The zero-order valence-corrected chi connectivity index (χ0v) is 31.1. The first-order chi connectivity index (χ1) is 17.4. The molecule has 0 amide bonds. The van der Waals surface area contributed by atoms with E-state index < -0.39 is 12.6 Å². The van der Waals surface area contributed by atoms with Gasteiger partial charge in [-0.25, -0.2) is 0 Å². The van der Waals surface area contributed by atoms with E-state index in [1.54, 1.807) is 79.7 Å². The van der Waals surface area contributed by atoms with Crippen LogP contribution in [0.2, 0.25) is 0 Å². The molecule has 6 N–H and O–H groups in total. The van der Waals surface area contributed by atoms with Crippen LogP contribution in [-0.2, 0) is 0 Å². The monoisotopic (exact) mass is 616 g/mol. The van der Waals surface area contributed by atoms with Gasteiger partial charge in [-0.2, -0.15) is 55.4 Å². The minimum absolute atomic E-state index is 0. The smallest absolute Gasteiger partial charge is 0.698 e. The van der Waals surface area contributed by atoms with Crippen molar-refractivity contribution in [2.45, 2.75) is 68.0 Å². The van der Waals surface area contributed by atoms with Crippen LogP contribution in [0.3, 0.4) is 0 Å². The van der Waals surface area contributed by atoms with Gasteiger partial charge in [0.15, 0.2) is 12.6 Å². The Morgan fingerprint density at radius 1 is 0.400 bits per heavy atom. The molecule has 0 unspecified atom stereocenters. The van der Waals surface area contributed by atoms with E-state index in [0.717, 1.165) is 0 Å². The van der Waals surface area contributed by atoms with E-state index in [-0.39, 0.29) is 91.9 Å². The van der Waals surface area contributed by atoms with Gasteiger partial charge >= 0.3 is 69.4 Å². The molecule has 0 saturated heterocycles. The van der Waals surface area contributed by atoms with Gasteiger partial charge in [0, 0.05) is 0 Å². The van der Waals surface area contributed by atoms with Gasteiger partial charge in [0.1, 0.15) is 0 Å². The topological polar surface area (TPSA) is 129 Å². The number of benzene rings is 2. The molecular formula is C30H56Al4N2O4+2. The predicted octanol–water partition coefficient (Wildman–Crippen LogP) is 7.91. The minimum atomic E-state index is -1.53. The third-order valence-electron chi connectivity index (χ3n) is 2.48. The Kier molecular flexibility index (Phi) is 162. The zero-order chi connectivity index (χ0) is 31.1. The Bertz CT molecular complexity index is 519. The number of hydrogen-bond acceptors (Lipinski definition) is 4. The van der Waals surface area contributed by atoms with Crippen molar-refractivity contribution >= 4 is 80.8 Å². The quantitative estimate of drug-likeness (QED) is 0.155. The second kappa shape index (κ2) is 83.3. The molecule has 0 heterocycles. The maximum absolute atomic E-state index is 8.64. The molecule has 0 spiro atoms. The van der Waals surface area contributed by atoms with Crippen molar-refractivity contribution < 1.29 is 20.4 Å². The normalized spacial score (nSPS) is 6.35. The fraction of sp³-hybridized carbons (Fsp3) is 0.333. The Labute approximate surface area is 293 Å². The maximum atomic E-state index is 8.64. The van der Waals surface area contributed by atoms with Crippen molar-refractivity contribution in [2.24, 2.45) is 0 Å².